The second-order valence-corrected chi connectivity index (χ2v) is 5.81. The first-order valence-corrected chi connectivity index (χ1v) is 6.94. The highest BCUT2D eigenvalue weighted by Crippen LogP contribution is 2.18. The molecule has 0 bridgehead atoms. The molecule has 4 heteroatoms. The van der Waals surface area contributed by atoms with E-state index in [1.807, 2.05) is 32.9 Å². The molecule has 0 saturated carbocycles. The van der Waals surface area contributed by atoms with Crippen LogP contribution in [0.5, 0.6) is 0 Å². The molecule has 0 unspecified atom stereocenters. The standard InChI is InChI=1S/C14H19NO2S/c1-4-14(2,3)15-13(17)10-18-12-7-5-11(9-16)6-8-12/h5-9H,4,10H2,1-3H3,(H,15,17). The van der Waals surface area contributed by atoms with E-state index < -0.39 is 0 Å². The van der Waals surface area contributed by atoms with E-state index in [1.54, 1.807) is 12.1 Å². The smallest absolute Gasteiger partial charge is 0.230 e. The fraction of sp³-hybridized carbons (Fsp3) is 0.429. The van der Waals surface area contributed by atoms with E-state index >= 15 is 0 Å². The number of hydrogen-bond acceptors (Lipinski definition) is 3. The second-order valence-electron chi connectivity index (χ2n) is 4.76. The molecule has 0 aromatic heterocycles. The fourth-order valence-electron chi connectivity index (χ4n) is 1.29. The molecule has 0 aliphatic rings. The van der Waals surface area contributed by atoms with Crippen LogP contribution >= 0.6 is 11.8 Å². The normalized spacial score (nSPS) is 11.1. The molecule has 0 saturated heterocycles. The lowest BCUT2D eigenvalue weighted by Crippen LogP contribution is -2.43. The summed E-state index contributed by atoms with van der Waals surface area (Å²) in [5.74, 6) is 0.426. The highest BCUT2D eigenvalue weighted by atomic mass is 32.2. The lowest BCUT2D eigenvalue weighted by Gasteiger charge is -2.24. The van der Waals surface area contributed by atoms with E-state index in [0.717, 1.165) is 17.6 Å². The van der Waals surface area contributed by atoms with Gasteiger partial charge in [-0.15, -0.1) is 11.8 Å². The quantitative estimate of drug-likeness (QED) is 0.635. The molecule has 0 aliphatic carbocycles. The van der Waals surface area contributed by atoms with Gasteiger partial charge in [-0.25, -0.2) is 0 Å². The number of aldehydes is 1. The lowest BCUT2D eigenvalue weighted by molar-refractivity contribution is -0.120. The molecule has 0 aliphatic heterocycles. The van der Waals surface area contributed by atoms with Gasteiger partial charge in [-0.05, 0) is 32.4 Å². The Bertz CT molecular complexity index is 412. The van der Waals surface area contributed by atoms with Crippen molar-refractivity contribution in [2.24, 2.45) is 0 Å². The molecule has 0 fully saturated rings. The van der Waals surface area contributed by atoms with Gasteiger partial charge in [0.15, 0.2) is 0 Å². The minimum absolute atomic E-state index is 0.0336. The first kappa shape index (κ1) is 14.8. The number of amides is 1. The van der Waals surface area contributed by atoms with Gasteiger partial charge in [0.1, 0.15) is 6.29 Å². The van der Waals surface area contributed by atoms with Crippen LogP contribution in [0.4, 0.5) is 0 Å². The van der Waals surface area contributed by atoms with Gasteiger partial charge in [0.25, 0.3) is 0 Å². The van der Waals surface area contributed by atoms with Crippen LogP contribution in [-0.2, 0) is 4.79 Å². The third kappa shape index (κ3) is 4.92. The minimum atomic E-state index is -0.154. The van der Waals surface area contributed by atoms with Crippen LogP contribution in [0.25, 0.3) is 0 Å². The summed E-state index contributed by atoms with van der Waals surface area (Å²) in [6.45, 7) is 6.06. The van der Waals surface area contributed by atoms with Gasteiger partial charge in [0.2, 0.25) is 5.91 Å². The maximum Gasteiger partial charge on any atom is 0.230 e. The predicted octanol–water partition coefficient (Wildman–Crippen LogP) is 2.90. The predicted molar refractivity (Wildman–Crippen MR) is 75.1 cm³/mol. The highest BCUT2D eigenvalue weighted by molar-refractivity contribution is 8.00. The summed E-state index contributed by atoms with van der Waals surface area (Å²) in [5, 5.41) is 2.98. The van der Waals surface area contributed by atoms with Gasteiger partial charge >= 0.3 is 0 Å². The Kier molecular flexibility index (Phi) is 5.41. The van der Waals surface area contributed by atoms with Crippen LogP contribution in [0.2, 0.25) is 0 Å². The molecule has 0 radical (unpaired) electrons. The van der Waals surface area contributed by atoms with Crippen molar-refractivity contribution in [3.63, 3.8) is 0 Å². The van der Waals surface area contributed by atoms with Crippen molar-refractivity contribution in [3.05, 3.63) is 29.8 Å². The maximum atomic E-state index is 11.7. The zero-order valence-corrected chi connectivity index (χ0v) is 11.8. The van der Waals surface area contributed by atoms with Crippen molar-refractivity contribution in [2.45, 2.75) is 37.6 Å². The average molecular weight is 265 g/mol. The van der Waals surface area contributed by atoms with Gasteiger partial charge < -0.3 is 5.32 Å². The molecule has 1 aromatic carbocycles. The molecule has 1 N–H and O–H groups in total. The molecular formula is C14H19NO2S. The Hall–Kier alpha value is -1.29. The van der Waals surface area contributed by atoms with Crippen molar-refractivity contribution in [2.75, 3.05) is 5.75 Å². The van der Waals surface area contributed by atoms with Gasteiger partial charge in [-0.1, -0.05) is 19.1 Å². The van der Waals surface area contributed by atoms with E-state index in [0.29, 0.717) is 11.3 Å². The van der Waals surface area contributed by atoms with Crippen LogP contribution in [0.1, 0.15) is 37.6 Å². The van der Waals surface area contributed by atoms with Gasteiger partial charge in [0, 0.05) is 16.0 Å². The fourth-order valence-corrected chi connectivity index (χ4v) is 1.99. The highest BCUT2D eigenvalue weighted by Gasteiger charge is 2.17. The van der Waals surface area contributed by atoms with Crippen molar-refractivity contribution < 1.29 is 9.59 Å². The van der Waals surface area contributed by atoms with Crippen molar-refractivity contribution in [1.82, 2.24) is 5.32 Å². The van der Waals surface area contributed by atoms with E-state index in [9.17, 15) is 9.59 Å². The average Bonchev–Trinajstić information content (AvgIpc) is 2.36. The molecule has 0 heterocycles. The molecule has 3 nitrogen and oxygen atoms in total. The number of carbonyl (C=O) groups excluding carboxylic acids is 2. The third-order valence-electron chi connectivity index (χ3n) is 2.75. The van der Waals surface area contributed by atoms with Crippen molar-refractivity contribution >= 4 is 24.0 Å². The largest absolute Gasteiger partial charge is 0.351 e. The number of rotatable bonds is 6. The molecule has 0 atom stereocenters. The number of nitrogens with one attached hydrogen (secondary N) is 1. The summed E-state index contributed by atoms with van der Waals surface area (Å²) in [5.41, 5.74) is 0.495. The van der Waals surface area contributed by atoms with Crippen LogP contribution in [0.15, 0.2) is 29.2 Å². The van der Waals surface area contributed by atoms with Gasteiger partial charge in [-0.2, -0.15) is 0 Å². The van der Waals surface area contributed by atoms with Crippen molar-refractivity contribution in [1.29, 1.82) is 0 Å². The molecule has 0 spiro atoms. The topological polar surface area (TPSA) is 46.2 Å². The first-order valence-electron chi connectivity index (χ1n) is 5.96. The number of benzene rings is 1. The molecule has 1 aromatic rings. The second kappa shape index (κ2) is 6.59. The zero-order valence-electron chi connectivity index (χ0n) is 11.0. The van der Waals surface area contributed by atoms with E-state index in [2.05, 4.69) is 5.32 Å². The van der Waals surface area contributed by atoms with E-state index in [-0.39, 0.29) is 11.4 Å². The van der Waals surface area contributed by atoms with Crippen LogP contribution in [-0.4, -0.2) is 23.5 Å². The Morgan fingerprint density at radius 3 is 2.44 bits per heavy atom. The molecule has 1 rings (SSSR count). The lowest BCUT2D eigenvalue weighted by atomic mass is 10.0. The van der Waals surface area contributed by atoms with Crippen LogP contribution in [0, 0.1) is 0 Å². The van der Waals surface area contributed by atoms with Crippen LogP contribution < -0.4 is 5.32 Å². The third-order valence-corrected chi connectivity index (χ3v) is 3.76. The monoisotopic (exact) mass is 265 g/mol. The number of thioether (sulfide) groups is 1. The Balaban J connectivity index is 2.44. The zero-order chi connectivity index (χ0) is 13.6. The van der Waals surface area contributed by atoms with E-state index in [1.165, 1.54) is 11.8 Å². The summed E-state index contributed by atoms with van der Waals surface area (Å²) < 4.78 is 0. The van der Waals surface area contributed by atoms with E-state index in [4.69, 9.17) is 0 Å². The SMILES string of the molecule is CCC(C)(C)NC(=O)CSc1ccc(C=O)cc1. The molecule has 18 heavy (non-hydrogen) atoms. The van der Waals surface area contributed by atoms with Gasteiger partial charge in [0.05, 0.1) is 5.75 Å². The minimum Gasteiger partial charge on any atom is -0.351 e. The maximum absolute atomic E-state index is 11.7. The molecular weight excluding hydrogens is 246 g/mol. The summed E-state index contributed by atoms with van der Waals surface area (Å²) in [6.07, 6.45) is 1.71. The Morgan fingerprint density at radius 2 is 1.94 bits per heavy atom. The summed E-state index contributed by atoms with van der Waals surface area (Å²) in [6, 6.07) is 7.21. The summed E-state index contributed by atoms with van der Waals surface area (Å²) in [7, 11) is 0. The first-order chi connectivity index (χ1) is 8.46. The number of carbonyl (C=O) groups is 2. The van der Waals surface area contributed by atoms with Gasteiger partial charge in [-0.3, -0.25) is 9.59 Å². The number of hydrogen-bond donors (Lipinski definition) is 1. The Labute approximate surface area is 112 Å². The summed E-state index contributed by atoms with van der Waals surface area (Å²) in [4.78, 5) is 23.2. The van der Waals surface area contributed by atoms with Crippen LogP contribution in [0.3, 0.4) is 0 Å². The molecule has 98 valence electrons. The molecule has 1 amide bonds. The van der Waals surface area contributed by atoms with Crippen molar-refractivity contribution in [3.8, 4) is 0 Å². The Morgan fingerprint density at radius 1 is 1.33 bits per heavy atom. The summed E-state index contributed by atoms with van der Waals surface area (Å²) >= 11 is 1.47.